The topological polar surface area (TPSA) is 63.6 Å². The van der Waals surface area contributed by atoms with Gasteiger partial charge in [0.15, 0.2) is 0 Å². The maximum atomic E-state index is 11.5. The normalized spacial score (nSPS) is 12.3. The number of aryl methyl sites for hydroxylation is 2. The van der Waals surface area contributed by atoms with Gasteiger partial charge in [0, 0.05) is 0 Å². The zero-order valence-electron chi connectivity index (χ0n) is 18.3. The molecule has 0 bridgehead atoms. The smallest absolute Gasteiger partial charge is 0.305 e. The molecule has 0 fully saturated rings. The molecule has 0 aliphatic heterocycles. The van der Waals surface area contributed by atoms with Crippen LogP contribution in [0.2, 0.25) is 0 Å². The van der Waals surface area contributed by atoms with Crippen molar-refractivity contribution in [2.45, 2.75) is 110 Å². The van der Waals surface area contributed by atoms with Crippen LogP contribution < -0.4 is 4.74 Å². The van der Waals surface area contributed by atoms with Gasteiger partial charge in [-0.15, -0.1) is 0 Å². The van der Waals surface area contributed by atoms with Crippen LogP contribution in [0, 0.1) is 0 Å². The predicted octanol–water partition coefficient (Wildman–Crippen LogP) is 6.72. The molecule has 0 aromatic heterocycles. The van der Waals surface area contributed by atoms with Gasteiger partial charge in [-0.1, -0.05) is 71.3 Å². The van der Waals surface area contributed by atoms with E-state index in [1.807, 2.05) is 12.1 Å². The Bertz CT molecular complexity index is 665. The van der Waals surface area contributed by atoms with Crippen molar-refractivity contribution < 1.29 is 17.7 Å². The highest BCUT2D eigenvalue weighted by Crippen LogP contribution is 2.27. The van der Waals surface area contributed by atoms with E-state index in [-0.39, 0.29) is 0 Å². The molecular formula is C23H40O4S. The van der Waals surface area contributed by atoms with E-state index < -0.39 is 15.1 Å². The number of ether oxygens (including phenoxy) is 1. The average Bonchev–Trinajstić information content (AvgIpc) is 2.61. The van der Waals surface area contributed by atoms with Crippen LogP contribution in [0.1, 0.15) is 103 Å². The highest BCUT2D eigenvalue weighted by Gasteiger charge is 2.35. The molecule has 0 heterocycles. The first-order valence-corrected chi connectivity index (χ1v) is 12.4. The molecule has 0 atom stereocenters. The highest BCUT2D eigenvalue weighted by atomic mass is 32.2. The summed E-state index contributed by atoms with van der Waals surface area (Å²) in [7, 11) is -4.30. The monoisotopic (exact) mass is 412 g/mol. The lowest BCUT2D eigenvalue weighted by Gasteiger charge is -2.24. The molecule has 0 aliphatic rings. The van der Waals surface area contributed by atoms with Gasteiger partial charge in [0.2, 0.25) is 4.93 Å². The fourth-order valence-corrected chi connectivity index (χ4v) is 3.52. The zero-order valence-corrected chi connectivity index (χ0v) is 19.1. The van der Waals surface area contributed by atoms with Crippen molar-refractivity contribution in [3.8, 4) is 5.75 Å². The molecule has 0 amide bonds. The molecule has 0 radical (unpaired) electrons. The lowest BCUT2D eigenvalue weighted by Crippen LogP contribution is -2.37. The van der Waals surface area contributed by atoms with Crippen LogP contribution in [0.4, 0.5) is 0 Å². The van der Waals surface area contributed by atoms with E-state index in [9.17, 15) is 13.0 Å². The van der Waals surface area contributed by atoms with Crippen molar-refractivity contribution in [3.63, 3.8) is 0 Å². The molecule has 0 saturated carbocycles. The summed E-state index contributed by atoms with van der Waals surface area (Å²) in [6.07, 6.45) is 14.4. The van der Waals surface area contributed by atoms with Crippen LogP contribution >= 0.6 is 0 Å². The summed E-state index contributed by atoms with van der Waals surface area (Å²) in [5.41, 5.74) is 2.58. The fourth-order valence-electron chi connectivity index (χ4n) is 3.32. The van der Waals surface area contributed by atoms with Crippen molar-refractivity contribution >= 4 is 10.1 Å². The molecule has 1 N–H and O–H groups in total. The predicted molar refractivity (Wildman–Crippen MR) is 118 cm³/mol. The van der Waals surface area contributed by atoms with Crippen molar-refractivity contribution in [3.05, 3.63) is 29.3 Å². The molecular weight excluding hydrogens is 372 g/mol. The lowest BCUT2D eigenvalue weighted by molar-refractivity contribution is 0.178. The van der Waals surface area contributed by atoms with Gasteiger partial charge in [-0.2, -0.15) is 8.42 Å². The summed E-state index contributed by atoms with van der Waals surface area (Å²) in [5, 5.41) is 0. The Kier molecular flexibility index (Phi) is 11.1. The Balaban J connectivity index is 2.83. The molecule has 1 aromatic carbocycles. The molecule has 5 heteroatoms. The Labute approximate surface area is 172 Å². The fraction of sp³-hybridized carbons (Fsp3) is 0.739. The molecule has 4 nitrogen and oxygen atoms in total. The molecule has 0 saturated heterocycles. The van der Waals surface area contributed by atoms with E-state index in [4.69, 9.17) is 4.74 Å². The van der Waals surface area contributed by atoms with Crippen molar-refractivity contribution in [1.29, 1.82) is 0 Å². The highest BCUT2D eigenvalue weighted by molar-refractivity contribution is 7.87. The summed E-state index contributed by atoms with van der Waals surface area (Å²) in [4.78, 5) is -1.66. The van der Waals surface area contributed by atoms with E-state index >= 15 is 0 Å². The quantitative estimate of drug-likeness (QED) is 0.257. The summed E-state index contributed by atoms with van der Waals surface area (Å²) in [6.45, 7) is 7.18. The molecule has 0 spiro atoms. The second-order valence-electron chi connectivity index (χ2n) is 8.24. The summed E-state index contributed by atoms with van der Waals surface area (Å²) >= 11 is 0. The van der Waals surface area contributed by atoms with E-state index in [0.29, 0.717) is 5.75 Å². The summed E-state index contributed by atoms with van der Waals surface area (Å²) in [6, 6.07) is 5.86. The first-order valence-electron chi connectivity index (χ1n) is 11.0. The molecule has 0 unspecified atom stereocenters. The van der Waals surface area contributed by atoms with E-state index in [1.54, 1.807) is 0 Å². The Morgan fingerprint density at radius 3 is 1.82 bits per heavy atom. The van der Waals surface area contributed by atoms with Crippen LogP contribution in [0.25, 0.3) is 0 Å². The van der Waals surface area contributed by atoms with Crippen LogP contribution in [0.3, 0.4) is 0 Å². The lowest BCUT2D eigenvalue weighted by atomic mass is 9.96. The minimum absolute atomic E-state index is 0.501. The van der Waals surface area contributed by atoms with Crippen molar-refractivity contribution in [2.75, 3.05) is 0 Å². The van der Waals surface area contributed by atoms with E-state index in [0.717, 1.165) is 19.3 Å². The standard InChI is InChI=1S/C23H40O4S/c1-5-7-9-11-13-15-20-17-18-22(27-23(3,4)28(24,25)26)19-21(20)16-14-12-10-8-6-2/h17-19H,5-16H2,1-4H3,(H,24,25,26). The molecule has 28 heavy (non-hydrogen) atoms. The first kappa shape index (κ1) is 25.0. The maximum Gasteiger partial charge on any atom is 0.305 e. The third-order valence-electron chi connectivity index (χ3n) is 5.26. The largest absolute Gasteiger partial charge is 0.469 e. The van der Waals surface area contributed by atoms with Gasteiger partial charge in [0.1, 0.15) is 5.75 Å². The number of rotatable bonds is 15. The third kappa shape index (κ3) is 8.95. The Hall–Kier alpha value is -1.07. The van der Waals surface area contributed by atoms with Crippen molar-refractivity contribution in [2.24, 2.45) is 0 Å². The number of unbranched alkanes of at least 4 members (excludes halogenated alkanes) is 8. The Morgan fingerprint density at radius 1 is 0.821 bits per heavy atom. The number of hydrogen-bond acceptors (Lipinski definition) is 3. The number of benzene rings is 1. The van der Waals surface area contributed by atoms with Crippen LogP contribution in [-0.4, -0.2) is 17.9 Å². The SMILES string of the molecule is CCCCCCCc1ccc(OC(C)(C)S(=O)(=O)O)cc1CCCCCCC. The number of hydrogen-bond donors (Lipinski definition) is 1. The van der Waals surface area contributed by atoms with Crippen LogP contribution in [-0.2, 0) is 23.0 Å². The van der Waals surface area contributed by atoms with Gasteiger partial charge in [-0.05, 0) is 62.8 Å². The van der Waals surface area contributed by atoms with Crippen molar-refractivity contribution in [1.82, 2.24) is 0 Å². The second kappa shape index (κ2) is 12.5. The van der Waals surface area contributed by atoms with Crippen LogP contribution in [0.15, 0.2) is 18.2 Å². The maximum absolute atomic E-state index is 11.5. The Morgan fingerprint density at radius 2 is 1.32 bits per heavy atom. The summed E-state index contributed by atoms with van der Waals surface area (Å²) < 4.78 is 38.1. The molecule has 1 aromatic rings. The minimum atomic E-state index is -4.30. The van der Waals surface area contributed by atoms with Gasteiger partial charge in [-0.3, -0.25) is 4.55 Å². The zero-order chi connectivity index (χ0) is 21.0. The first-order chi connectivity index (χ1) is 13.2. The van der Waals surface area contributed by atoms with Gasteiger partial charge in [-0.25, -0.2) is 0 Å². The molecule has 1 rings (SSSR count). The van der Waals surface area contributed by atoms with Gasteiger partial charge in [0.05, 0.1) is 0 Å². The van der Waals surface area contributed by atoms with E-state index in [1.165, 1.54) is 82.8 Å². The molecule has 0 aliphatic carbocycles. The van der Waals surface area contributed by atoms with Gasteiger partial charge in [0.25, 0.3) is 0 Å². The van der Waals surface area contributed by atoms with Gasteiger partial charge >= 0.3 is 10.1 Å². The average molecular weight is 413 g/mol. The third-order valence-corrected chi connectivity index (χ3v) is 6.59. The van der Waals surface area contributed by atoms with Crippen LogP contribution in [0.5, 0.6) is 5.75 Å². The van der Waals surface area contributed by atoms with E-state index in [2.05, 4.69) is 19.9 Å². The minimum Gasteiger partial charge on any atom is -0.469 e. The molecule has 162 valence electrons. The summed E-state index contributed by atoms with van der Waals surface area (Å²) in [5.74, 6) is 0.501. The van der Waals surface area contributed by atoms with Gasteiger partial charge < -0.3 is 4.74 Å². The second-order valence-corrected chi connectivity index (χ2v) is 10.2.